The van der Waals surface area contributed by atoms with E-state index in [1.54, 1.807) is 0 Å². The molecule has 0 spiro atoms. The number of nitrogens with zero attached hydrogens (tertiary/aromatic N) is 1. The number of aliphatic hydroxyl groups is 1. The lowest BCUT2D eigenvalue weighted by Crippen LogP contribution is -2.42. The highest BCUT2D eigenvalue weighted by Crippen LogP contribution is 2.20. The maximum absolute atomic E-state index is 11.0. The van der Waals surface area contributed by atoms with Crippen LogP contribution in [-0.2, 0) is 16.1 Å². The second-order valence-corrected chi connectivity index (χ2v) is 6.61. The number of benzene rings is 1. The highest BCUT2D eigenvalue weighted by molar-refractivity contribution is 6.31. The molecule has 1 aliphatic rings. The highest BCUT2D eigenvalue weighted by atomic mass is 35.5. The second kappa shape index (κ2) is 9.23. The third-order valence-corrected chi connectivity index (χ3v) is 4.46. The smallest absolute Gasteiger partial charge is 0.217 e. The Morgan fingerprint density at radius 1 is 1.48 bits per heavy atom. The van der Waals surface area contributed by atoms with E-state index in [1.807, 2.05) is 24.3 Å². The SMILES string of the molecule is NC(=O)CC1CCCN(CC(O)COCc2ccccc2Cl)C1. The van der Waals surface area contributed by atoms with Crippen LogP contribution in [0.25, 0.3) is 0 Å². The van der Waals surface area contributed by atoms with Gasteiger partial charge in [-0.15, -0.1) is 0 Å². The molecule has 0 aromatic heterocycles. The van der Waals surface area contributed by atoms with Crippen LogP contribution in [0.15, 0.2) is 24.3 Å². The zero-order valence-electron chi connectivity index (χ0n) is 13.3. The van der Waals surface area contributed by atoms with Gasteiger partial charge in [0.05, 0.1) is 19.3 Å². The minimum absolute atomic E-state index is 0.250. The Balaban J connectivity index is 1.69. The van der Waals surface area contributed by atoms with Crippen LogP contribution in [0.5, 0.6) is 0 Å². The fraction of sp³-hybridized carbons (Fsp3) is 0.588. The predicted octanol–water partition coefficient (Wildman–Crippen LogP) is 1.80. The summed E-state index contributed by atoms with van der Waals surface area (Å²) in [5.41, 5.74) is 6.18. The zero-order valence-corrected chi connectivity index (χ0v) is 14.0. The summed E-state index contributed by atoms with van der Waals surface area (Å²) in [6.07, 6.45) is 1.93. The summed E-state index contributed by atoms with van der Waals surface area (Å²) in [6, 6.07) is 7.52. The Labute approximate surface area is 142 Å². The normalized spacial score (nSPS) is 20.3. The Morgan fingerprint density at radius 2 is 2.26 bits per heavy atom. The molecule has 0 radical (unpaired) electrons. The van der Waals surface area contributed by atoms with Crippen LogP contribution < -0.4 is 5.73 Å². The number of aliphatic hydroxyl groups excluding tert-OH is 1. The van der Waals surface area contributed by atoms with Crippen LogP contribution in [0.3, 0.4) is 0 Å². The molecule has 5 nitrogen and oxygen atoms in total. The number of rotatable bonds is 8. The molecular formula is C17H25ClN2O3. The van der Waals surface area contributed by atoms with Gasteiger partial charge < -0.3 is 20.5 Å². The molecule has 1 heterocycles. The molecule has 1 aromatic rings. The first-order chi connectivity index (χ1) is 11.0. The Kier molecular flexibility index (Phi) is 7.30. The monoisotopic (exact) mass is 340 g/mol. The van der Waals surface area contributed by atoms with Crippen molar-refractivity contribution in [1.82, 2.24) is 4.90 Å². The van der Waals surface area contributed by atoms with E-state index in [9.17, 15) is 9.90 Å². The predicted molar refractivity (Wildman–Crippen MR) is 90.1 cm³/mol. The van der Waals surface area contributed by atoms with Gasteiger partial charge in [0.25, 0.3) is 0 Å². The van der Waals surface area contributed by atoms with E-state index in [2.05, 4.69) is 4.90 Å². The van der Waals surface area contributed by atoms with Gasteiger partial charge in [0.1, 0.15) is 0 Å². The standard InChI is InChI=1S/C17H25ClN2O3/c18-16-6-2-1-5-14(16)11-23-12-15(21)10-20-7-3-4-13(9-20)8-17(19)22/h1-2,5-6,13,15,21H,3-4,7-12H2,(H2,19,22). The number of nitrogens with two attached hydrogens (primary N) is 1. The fourth-order valence-corrected chi connectivity index (χ4v) is 3.23. The number of β-amino-alcohol motifs (C(OH)–C–C–N with tert-alkyl or cyclic N) is 1. The second-order valence-electron chi connectivity index (χ2n) is 6.20. The lowest BCUT2D eigenvalue weighted by atomic mass is 9.94. The largest absolute Gasteiger partial charge is 0.389 e. The van der Waals surface area contributed by atoms with Crippen molar-refractivity contribution in [2.75, 3.05) is 26.2 Å². The van der Waals surface area contributed by atoms with Crippen LogP contribution in [0.1, 0.15) is 24.8 Å². The average molecular weight is 341 g/mol. The first-order valence-electron chi connectivity index (χ1n) is 8.04. The van der Waals surface area contributed by atoms with Crippen molar-refractivity contribution in [3.63, 3.8) is 0 Å². The lowest BCUT2D eigenvalue weighted by Gasteiger charge is -2.33. The van der Waals surface area contributed by atoms with Crippen LogP contribution in [0.4, 0.5) is 0 Å². The van der Waals surface area contributed by atoms with E-state index >= 15 is 0 Å². The van der Waals surface area contributed by atoms with Gasteiger partial charge in [-0.2, -0.15) is 0 Å². The molecule has 128 valence electrons. The van der Waals surface area contributed by atoms with Crippen molar-refractivity contribution in [2.45, 2.75) is 32.0 Å². The summed E-state index contributed by atoms with van der Waals surface area (Å²) in [6.45, 7) is 2.96. The summed E-state index contributed by atoms with van der Waals surface area (Å²) in [5, 5.41) is 10.8. The third-order valence-electron chi connectivity index (χ3n) is 4.09. The van der Waals surface area contributed by atoms with Crippen molar-refractivity contribution in [2.24, 2.45) is 11.7 Å². The van der Waals surface area contributed by atoms with Gasteiger partial charge in [-0.1, -0.05) is 29.8 Å². The number of amides is 1. The molecule has 6 heteroatoms. The van der Waals surface area contributed by atoms with E-state index in [4.69, 9.17) is 22.1 Å². The van der Waals surface area contributed by atoms with E-state index in [1.165, 1.54) is 0 Å². The van der Waals surface area contributed by atoms with E-state index in [0.29, 0.717) is 30.5 Å². The fourth-order valence-electron chi connectivity index (χ4n) is 3.04. The van der Waals surface area contributed by atoms with Gasteiger partial charge in [0, 0.05) is 24.5 Å². The number of piperidine rings is 1. The van der Waals surface area contributed by atoms with Gasteiger partial charge >= 0.3 is 0 Å². The summed E-state index contributed by atoms with van der Waals surface area (Å²) in [4.78, 5) is 13.2. The molecule has 3 N–H and O–H groups in total. The summed E-state index contributed by atoms with van der Waals surface area (Å²) in [7, 11) is 0. The third kappa shape index (κ3) is 6.47. The minimum Gasteiger partial charge on any atom is -0.389 e. The van der Waals surface area contributed by atoms with E-state index < -0.39 is 6.10 Å². The van der Waals surface area contributed by atoms with Gasteiger partial charge in [0.15, 0.2) is 0 Å². The lowest BCUT2D eigenvalue weighted by molar-refractivity contribution is -0.119. The molecule has 1 amide bonds. The average Bonchev–Trinajstić information content (AvgIpc) is 2.49. The molecule has 0 saturated carbocycles. The van der Waals surface area contributed by atoms with Crippen LogP contribution in [-0.4, -0.2) is 48.3 Å². The molecule has 1 aliphatic heterocycles. The summed E-state index contributed by atoms with van der Waals surface area (Å²) in [5.74, 6) is 0.0537. The Morgan fingerprint density at radius 3 is 3.00 bits per heavy atom. The summed E-state index contributed by atoms with van der Waals surface area (Å²) < 4.78 is 5.56. The molecular weight excluding hydrogens is 316 g/mol. The number of halogens is 1. The number of hydrogen-bond donors (Lipinski definition) is 2. The van der Waals surface area contributed by atoms with Crippen molar-refractivity contribution in [3.8, 4) is 0 Å². The van der Waals surface area contributed by atoms with Gasteiger partial charge in [0.2, 0.25) is 5.91 Å². The first kappa shape index (κ1) is 18.2. The highest BCUT2D eigenvalue weighted by Gasteiger charge is 2.23. The number of ether oxygens (including phenoxy) is 1. The van der Waals surface area contributed by atoms with Crippen LogP contribution in [0.2, 0.25) is 5.02 Å². The van der Waals surface area contributed by atoms with Crippen LogP contribution >= 0.6 is 11.6 Å². The molecule has 2 atom stereocenters. The molecule has 2 rings (SSSR count). The molecule has 1 saturated heterocycles. The quantitative estimate of drug-likeness (QED) is 0.756. The Hall–Kier alpha value is -1.14. The number of carbonyl (C=O) groups is 1. The van der Waals surface area contributed by atoms with Gasteiger partial charge in [-0.3, -0.25) is 4.79 Å². The van der Waals surface area contributed by atoms with Crippen molar-refractivity contribution in [1.29, 1.82) is 0 Å². The molecule has 1 fully saturated rings. The number of carbonyl (C=O) groups excluding carboxylic acids is 1. The number of hydrogen-bond acceptors (Lipinski definition) is 4. The molecule has 0 aliphatic carbocycles. The van der Waals surface area contributed by atoms with Crippen molar-refractivity contribution < 1.29 is 14.6 Å². The van der Waals surface area contributed by atoms with Gasteiger partial charge in [-0.25, -0.2) is 0 Å². The minimum atomic E-state index is -0.551. The molecule has 23 heavy (non-hydrogen) atoms. The summed E-state index contributed by atoms with van der Waals surface area (Å²) >= 11 is 6.06. The van der Waals surface area contributed by atoms with Gasteiger partial charge in [-0.05, 0) is 36.9 Å². The van der Waals surface area contributed by atoms with E-state index in [0.717, 1.165) is 31.5 Å². The zero-order chi connectivity index (χ0) is 16.7. The maximum atomic E-state index is 11.0. The van der Waals surface area contributed by atoms with Crippen molar-refractivity contribution in [3.05, 3.63) is 34.9 Å². The Bertz CT molecular complexity index is 512. The molecule has 0 bridgehead atoms. The van der Waals surface area contributed by atoms with Crippen LogP contribution in [0, 0.1) is 5.92 Å². The molecule has 2 unspecified atom stereocenters. The first-order valence-corrected chi connectivity index (χ1v) is 8.42. The maximum Gasteiger partial charge on any atom is 0.217 e. The van der Waals surface area contributed by atoms with E-state index in [-0.39, 0.29) is 12.5 Å². The number of likely N-dealkylation sites (tertiary alicyclic amines) is 1. The van der Waals surface area contributed by atoms with Crippen molar-refractivity contribution >= 4 is 17.5 Å². The topological polar surface area (TPSA) is 75.8 Å². The molecule has 1 aromatic carbocycles. The number of primary amides is 1.